The minimum Gasteiger partial charge on any atom is -0.480 e. The fourth-order valence-electron chi connectivity index (χ4n) is 2.97. The fourth-order valence-corrected chi connectivity index (χ4v) is 3.09. The standard InChI is InChI=1S/C19H16ClNO3/c1-11-3-8-16-15(9-11)18(12(2)21(16)10-17(22)23)19(24)13-4-6-14(20)7-5-13/h3-9H,10H2,1-2H3,(H,22,23). The number of ketones is 1. The maximum atomic E-state index is 13.0. The van der Waals surface area contributed by atoms with E-state index in [0.29, 0.717) is 21.8 Å². The van der Waals surface area contributed by atoms with E-state index in [-0.39, 0.29) is 12.3 Å². The molecule has 0 aliphatic carbocycles. The molecule has 24 heavy (non-hydrogen) atoms. The van der Waals surface area contributed by atoms with Crippen LogP contribution in [0.25, 0.3) is 10.9 Å². The lowest BCUT2D eigenvalue weighted by Crippen LogP contribution is -2.11. The highest BCUT2D eigenvalue weighted by molar-refractivity contribution is 6.30. The maximum absolute atomic E-state index is 13.0. The zero-order valence-electron chi connectivity index (χ0n) is 13.3. The first-order chi connectivity index (χ1) is 11.4. The molecule has 0 unspecified atom stereocenters. The zero-order chi connectivity index (χ0) is 17.4. The van der Waals surface area contributed by atoms with Crippen LogP contribution in [0, 0.1) is 13.8 Å². The van der Waals surface area contributed by atoms with Crippen LogP contribution < -0.4 is 0 Å². The molecule has 3 aromatic rings. The van der Waals surface area contributed by atoms with Crippen molar-refractivity contribution in [3.63, 3.8) is 0 Å². The van der Waals surface area contributed by atoms with Gasteiger partial charge in [-0.1, -0.05) is 23.2 Å². The number of fused-ring (bicyclic) bond motifs is 1. The number of carbonyl (C=O) groups is 2. The molecule has 0 fully saturated rings. The van der Waals surface area contributed by atoms with Crippen LogP contribution in [0.5, 0.6) is 0 Å². The number of rotatable bonds is 4. The van der Waals surface area contributed by atoms with Crippen LogP contribution in [-0.2, 0) is 11.3 Å². The number of benzene rings is 2. The van der Waals surface area contributed by atoms with E-state index in [1.165, 1.54) is 0 Å². The molecule has 1 N–H and O–H groups in total. The average molecular weight is 342 g/mol. The Morgan fingerprint density at radius 2 is 1.75 bits per heavy atom. The van der Waals surface area contributed by atoms with Gasteiger partial charge in [-0.15, -0.1) is 0 Å². The second-order valence-corrected chi connectivity index (χ2v) is 6.23. The van der Waals surface area contributed by atoms with Gasteiger partial charge in [-0.25, -0.2) is 0 Å². The summed E-state index contributed by atoms with van der Waals surface area (Å²) in [6, 6.07) is 12.4. The van der Waals surface area contributed by atoms with Crippen molar-refractivity contribution in [2.24, 2.45) is 0 Å². The Labute approximate surface area is 144 Å². The van der Waals surface area contributed by atoms with Crippen LogP contribution in [0.2, 0.25) is 5.02 Å². The van der Waals surface area contributed by atoms with Gasteiger partial charge in [-0.2, -0.15) is 0 Å². The zero-order valence-corrected chi connectivity index (χ0v) is 14.1. The van der Waals surface area contributed by atoms with E-state index in [4.69, 9.17) is 11.6 Å². The predicted molar refractivity (Wildman–Crippen MR) is 93.9 cm³/mol. The number of aliphatic carboxylic acids is 1. The molecule has 0 aliphatic rings. The topological polar surface area (TPSA) is 59.3 Å². The summed E-state index contributed by atoms with van der Waals surface area (Å²) in [6.45, 7) is 3.54. The van der Waals surface area contributed by atoms with Gasteiger partial charge in [0, 0.05) is 27.2 Å². The summed E-state index contributed by atoms with van der Waals surface area (Å²) in [5.41, 5.74) is 3.48. The SMILES string of the molecule is Cc1ccc2c(c1)c(C(=O)c1ccc(Cl)cc1)c(C)n2CC(=O)O. The molecule has 0 amide bonds. The van der Waals surface area contributed by atoms with Crippen LogP contribution >= 0.6 is 11.6 Å². The Kier molecular flexibility index (Phi) is 4.16. The van der Waals surface area contributed by atoms with Gasteiger partial charge < -0.3 is 9.67 Å². The van der Waals surface area contributed by atoms with Crippen molar-refractivity contribution in [1.82, 2.24) is 4.57 Å². The first-order valence-corrected chi connectivity index (χ1v) is 7.88. The predicted octanol–water partition coefficient (Wildman–Crippen LogP) is 4.23. The third-order valence-corrected chi connectivity index (χ3v) is 4.36. The number of hydrogen-bond donors (Lipinski definition) is 1. The largest absolute Gasteiger partial charge is 0.480 e. The van der Waals surface area contributed by atoms with Crippen molar-refractivity contribution >= 4 is 34.3 Å². The normalized spacial score (nSPS) is 11.0. The minimum absolute atomic E-state index is 0.135. The summed E-state index contributed by atoms with van der Waals surface area (Å²) >= 11 is 5.89. The van der Waals surface area contributed by atoms with Crippen LogP contribution in [-0.4, -0.2) is 21.4 Å². The van der Waals surface area contributed by atoms with Crippen LogP contribution in [0.1, 0.15) is 27.2 Å². The number of carboxylic acids is 1. The maximum Gasteiger partial charge on any atom is 0.323 e. The van der Waals surface area contributed by atoms with Crippen molar-refractivity contribution in [3.05, 3.63) is 69.9 Å². The van der Waals surface area contributed by atoms with Crippen molar-refractivity contribution in [3.8, 4) is 0 Å². The van der Waals surface area contributed by atoms with Gasteiger partial charge in [0.25, 0.3) is 0 Å². The number of hydrogen-bond acceptors (Lipinski definition) is 2. The molecular weight excluding hydrogens is 326 g/mol. The van der Waals surface area contributed by atoms with Crippen molar-refractivity contribution < 1.29 is 14.7 Å². The molecule has 2 aromatic carbocycles. The molecule has 1 heterocycles. The molecule has 0 spiro atoms. The average Bonchev–Trinajstić information content (AvgIpc) is 2.78. The lowest BCUT2D eigenvalue weighted by molar-refractivity contribution is -0.137. The highest BCUT2D eigenvalue weighted by Crippen LogP contribution is 2.29. The molecule has 1 aromatic heterocycles. The van der Waals surface area contributed by atoms with E-state index in [0.717, 1.165) is 16.5 Å². The van der Waals surface area contributed by atoms with Crippen LogP contribution in [0.15, 0.2) is 42.5 Å². The minimum atomic E-state index is -0.943. The summed E-state index contributed by atoms with van der Waals surface area (Å²) in [5, 5.41) is 10.5. The number of aromatic nitrogens is 1. The van der Waals surface area contributed by atoms with E-state index in [2.05, 4.69) is 0 Å². The van der Waals surface area contributed by atoms with Gasteiger partial charge in [0.1, 0.15) is 6.54 Å². The van der Waals surface area contributed by atoms with Crippen molar-refractivity contribution in [2.45, 2.75) is 20.4 Å². The van der Waals surface area contributed by atoms with E-state index in [9.17, 15) is 14.7 Å². The molecule has 0 atom stereocenters. The van der Waals surface area contributed by atoms with Gasteiger partial charge in [0.05, 0.1) is 5.56 Å². The number of nitrogens with zero attached hydrogens (tertiary/aromatic N) is 1. The molecule has 0 saturated carbocycles. The summed E-state index contributed by atoms with van der Waals surface area (Å²) in [4.78, 5) is 24.2. The number of aryl methyl sites for hydroxylation is 1. The Balaban J connectivity index is 2.24. The molecule has 5 heteroatoms. The second kappa shape index (κ2) is 6.13. The summed E-state index contributed by atoms with van der Waals surface area (Å²) in [7, 11) is 0. The van der Waals surface area contributed by atoms with Gasteiger partial charge in [-0.05, 0) is 50.2 Å². The fraction of sp³-hybridized carbons (Fsp3) is 0.158. The van der Waals surface area contributed by atoms with Crippen molar-refractivity contribution in [2.75, 3.05) is 0 Å². The first-order valence-electron chi connectivity index (χ1n) is 7.50. The summed E-state index contributed by atoms with van der Waals surface area (Å²) in [5.74, 6) is -1.08. The van der Waals surface area contributed by atoms with Gasteiger partial charge in [-0.3, -0.25) is 9.59 Å². The molecule has 0 saturated heterocycles. The Morgan fingerprint density at radius 3 is 2.38 bits per heavy atom. The number of halogens is 1. The smallest absolute Gasteiger partial charge is 0.323 e. The van der Waals surface area contributed by atoms with E-state index in [1.54, 1.807) is 35.8 Å². The third kappa shape index (κ3) is 2.81. The van der Waals surface area contributed by atoms with Gasteiger partial charge >= 0.3 is 5.97 Å². The van der Waals surface area contributed by atoms with E-state index in [1.807, 2.05) is 25.1 Å². The van der Waals surface area contributed by atoms with E-state index < -0.39 is 5.97 Å². The highest BCUT2D eigenvalue weighted by atomic mass is 35.5. The number of carbonyl (C=O) groups excluding carboxylic acids is 1. The van der Waals surface area contributed by atoms with Crippen LogP contribution in [0.4, 0.5) is 0 Å². The van der Waals surface area contributed by atoms with Gasteiger partial charge in [0.2, 0.25) is 0 Å². The highest BCUT2D eigenvalue weighted by Gasteiger charge is 2.22. The molecule has 0 aliphatic heterocycles. The Hall–Kier alpha value is -2.59. The number of carboxylic acid groups (broad SMARTS) is 1. The lowest BCUT2D eigenvalue weighted by atomic mass is 10.00. The Morgan fingerprint density at radius 1 is 1.08 bits per heavy atom. The van der Waals surface area contributed by atoms with Gasteiger partial charge in [0.15, 0.2) is 5.78 Å². The third-order valence-electron chi connectivity index (χ3n) is 4.11. The quantitative estimate of drug-likeness (QED) is 0.722. The summed E-state index contributed by atoms with van der Waals surface area (Å²) in [6.07, 6.45) is 0. The molecule has 3 rings (SSSR count). The molecule has 4 nitrogen and oxygen atoms in total. The Bertz CT molecular complexity index is 955. The second-order valence-electron chi connectivity index (χ2n) is 5.80. The lowest BCUT2D eigenvalue weighted by Gasteiger charge is -2.05. The molecule has 122 valence electrons. The summed E-state index contributed by atoms with van der Waals surface area (Å²) < 4.78 is 1.67. The molecule has 0 bridgehead atoms. The molecule has 0 radical (unpaired) electrons. The monoisotopic (exact) mass is 341 g/mol. The van der Waals surface area contributed by atoms with Crippen LogP contribution in [0.3, 0.4) is 0 Å². The molecular formula is C19H16ClNO3. The van der Waals surface area contributed by atoms with Crippen molar-refractivity contribution in [1.29, 1.82) is 0 Å². The first kappa shape index (κ1) is 16.3. The van der Waals surface area contributed by atoms with E-state index >= 15 is 0 Å².